The molecule has 3 N–H and O–H groups in total. The number of hydrogen-bond donors (Lipinski definition) is 3. The summed E-state index contributed by atoms with van der Waals surface area (Å²) in [5, 5.41) is 27.6. The van der Waals surface area contributed by atoms with Crippen LogP contribution in [0.25, 0.3) is 11.6 Å². The summed E-state index contributed by atoms with van der Waals surface area (Å²) in [5.41, 5.74) is 3.17. The van der Waals surface area contributed by atoms with Gasteiger partial charge in [-0.25, -0.2) is 0 Å². The minimum absolute atomic E-state index is 0.0977. The Hall–Kier alpha value is -4.39. The minimum Gasteiger partial charge on any atom is -0.507 e. The number of anilines is 1. The van der Waals surface area contributed by atoms with Gasteiger partial charge in [0.25, 0.3) is 5.91 Å². The van der Waals surface area contributed by atoms with Crippen LogP contribution in [0.15, 0.2) is 72.8 Å². The first kappa shape index (κ1) is 27.8. The van der Waals surface area contributed by atoms with Crippen LogP contribution in [0.2, 0.25) is 10.0 Å². The zero-order valence-electron chi connectivity index (χ0n) is 22.3. The Kier molecular flexibility index (Phi) is 7.35. The molecule has 0 bridgehead atoms. The van der Waals surface area contributed by atoms with E-state index in [9.17, 15) is 24.6 Å². The largest absolute Gasteiger partial charge is 0.507 e. The van der Waals surface area contributed by atoms with Gasteiger partial charge in [-0.15, -0.1) is 0 Å². The van der Waals surface area contributed by atoms with Crippen molar-refractivity contribution in [2.45, 2.75) is 31.6 Å². The molecule has 2 aliphatic carbocycles. The van der Waals surface area contributed by atoms with Crippen molar-refractivity contribution in [1.29, 1.82) is 0 Å². The Labute approximate surface area is 250 Å². The number of rotatable bonds is 6. The van der Waals surface area contributed by atoms with Gasteiger partial charge in [0.2, 0.25) is 0 Å². The molecule has 1 atom stereocenters. The number of halogens is 2. The monoisotopic (exact) mass is 597 g/mol. The summed E-state index contributed by atoms with van der Waals surface area (Å²) in [6, 6.07) is 20.5. The van der Waals surface area contributed by atoms with Crippen molar-refractivity contribution < 1.29 is 24.6 Å². The molecular weight excluding hydrogens is 573 g/mol. The second-order valence-corrected chi connectivity index (χ2v) is 11.3. The third kappa shape index (κ3) is 4.97. The molecule has 1 unspecified atom stereocenters. The summed E-state index contributed by atoms with van der Waals surface area (Å²) in [7, 11) is 0. The Morgan fingerprint density at radius 1 is 0.833 bits per heavy atom. The fraction of sp³-hybridized carbons (Fsp3) is 0.147. The number of hydrogen-bond acceptors (Lipinski definition) is 4. The number of carbonyl (C=O) groups excluding carboxylic acids is 2. The molecule has 0 aliphatic heterocycles. The van der Waals surface area contributed by atoms with Gasteiger partial charge in [0.05, 0.1) is 22.6 Å². The van der Waals surface area contributed by atoms with Gasteiger partial charge in [-0.1, -0.05) is 65.7 Å². The Bertz CT molecular complexity index is 2040. The molecular formula is C34H25Cl2NO5. The van der Waals surface area contributed by atoms with Crippen molar-refractivity contribution >= 4 is 58.2 Å². The molecule has 6 rings (SSSR count). The van der Waals surface area contributed by atoms with Gasteiger partial charge in [-0.3, -0.25) is 14.4 Å². The summed E-state index contributed by atoms with van der Waals surface area (Å²) < 4.78 is 0. The van der Waals surface area contributed by atoms with Crippen molar-refractivity contribution in [1.82, 2.24) is 0 Å². The molecule has 0 fully saturated rings. The fourth-order valence-corrected chi connectivity index (χ4v) is 6.53. The molecule has 0 spiro atoms. The number of nitrogens with one attached hydrogen (secondary N) is 1. The highest BCUT2D eigenvalue weighted by molar-refractivity contribution is 6.34. The maximum atomic E-state index is 13.8. The molecule has 8 heteroatoms. The molecule has 0 saturated carbocycles. The fourth-order valence-electron chi connectivity index (χ4n) is 6.07. The summed E-state index contributed by atoms with van der Waals surface area (Å²) in [4.78, 5) is 38.3. The second kappa shape index (κ2) is 11.1. The molecule has 6 nitrogen and oxygen atoms in total. The van der Waals surface area contributed by atoms with Crippen LogP contribution in [-0.2, 0) is 11.2 Å². The number of carboxylic acid groups (broad SMARTS) is 1. The average Bonchev–Trinajstić information content (AvgIpc) is 2.96. The van der Waals surface area contributed by atoms with Crippen molar-refractivity contribution in [2.24, 2.45) is 0 Å². The van der Waals surface area contributed by atoms with Crippen LogP contribution in [0.1, 0.15) is 57.0 Å². The van der Waals surface area contributed by atoms with Crippen LogP contribution in [0, 0.1) is 10.4 Å². The van der Waals surface area contributed by atoms with E-state index in [1.54, 1.807) is 36.4 Å². The zero-order valence-corrected chi connectivity index (χ0v) is 23.8. The first-order valence-electron chi connectivity index (χ1n) is 13.5. The first-order valence-corrected chi connectivity index (χ1v) is 14.3. The van der Waals surface area contributed by atoms with Crippen LogP contribution in [0.4, 0.5) is 5.69 Å². The topological polar surface area (TPSA) is 104 Å². The number of carboxylic acids is 1. The van der Waals surface area contributed by atoms with E-state index in [1.165, 1.54) is 12.1 Å². The molecule has 0 aromatic heterocycles. The van der Waals surface area contributed by atoms with Gasteiger partial charge in [0.1, 0.15) is 5.75 Å². The molecule has 0 radical (unpaired) electrons. The number of benzene rings is 4. The highest BCUT2D eigenvalue weighted by atomic mass is 35.5. The lowest BCUT2D eigenvalue weighted by Gasteiger charge is -2.25. The molecule has 0 saturated heterocycles. The third-order valence-corrected chi connectivity index (χ3v) is 8.56. The lowest BCUT2D eigenvalue weighted by molar-refractivity contribution is -0.137. The maximum absolute atomic E-state index is 13.8. The van der Waals surface area contributed by atoms with E-state index in [1.807, 2.05) is 30.3 Å². The maximum Gasteiger partial charge on any atom is 0.304 e. The Morgan fingerprint density at radius 3 is 2.36 bits per heavy atom. The predicted molar refractivity (Wildman–Crippen MR) is 162 cm³/mol. The number of aliphatic carboxylic acids is 1. The highest BCUT2D eigenvalue weighted by Crippen LogP contribution is 2.33. The van der Waals surface area contributed by atoms with Crippen molar-refractivity contribution in [3.63, 3.8) is 0 Å². The average molecular weight is 598 g/mol. The number of aromatic hydroxyl groups is 1. The van der Waals surface area contributed by atoms with E-state index in [0.717, 1.165) is 32.0 Å². The highest BCUT2D eigenvalue weighted by Gasteiger charge is 2.27. The van der Waals surface area contributed by atoms with Gasteiger partial charge in [-0.2, -0.15) is 0 Å². The van der Waals surface area contributed by atoms with E-state index in [4.69, 9.17) is 23.2 Å². The summed E-state index contributed by atoms with van der Waals surface area (Å²) in [5.74, 6) is -2.32. The van der Waals surface area contributed by atoms with Crippen LogP contribution in [-0.4, -0.2) is 27.9 Å². The van der Waals surface area contributed by atoms with Gasteiger partial charge in [-0.05, 0) is 81.6 Å². The van der Waals surface area contributed by atoms with E-state index in [2.05, 4.69) is 5.32 Å². The third-order valence-electron chi connectivity index (χ3n) is 7.90. The molecule has 210 valence electrons. The number of ketones is 1. The number of amides is 1. The minimum atomic E-state index is -0.918. The number of Topliss-reactive ketones (excluding diaryl/α,β-unsaturated/α-hetero) is 1. The first-order chi connectivity index (χ1) is 20.2. The molecule has 2 aliphatic rings. The van der Waals surface area contributed by atoms with Crippen LogP contribution >= 0.6 is 23.2 Å². The molecule has 4 aromatic rings. The van der Waals surface area contributed by atoms with Crippen molar-refractivity contribution in [2.75, 3.05) is 5.32 Å². The standard InChI is InChI=1S/C34H25Cl2NO5/c35-28-9-2-1-5-25(28)34(42)37-19-11-12-26(30(38)17-19)33(41)24-8-3-7-22-21(24)13-14-23-20-6-4-10-29(36)27(20)15-18(32(22)23)16-31(39)40/h1-2,4-6,9-15,17-18,38H,3,7-8,16H2,(H,37,42)(H,39,40). The normalized spacial score (nSPS) is 15.1. The number of carbonyl (C=O) groups is 3. The Morgan fingerprint density at radius 2 is 1.60 bits per heavy atom. The zero-order chi connectivity index (χ0) is 29.5. The van der Waals surface area contributed by atoms with Crippen LogP contribution in [0.5, 0.6) is 5.75 Å². The lowest BCUT2D eigenvalue weighted by atomic mass is 9.79. The second-order valence-electron chi connectivity index (χ2n) is 10.5. The smallest absolute Gasteiger partial charge is 0.304 e. The van der Waals surface area contributed by atoms with E-state index >= 15 is 0 Å². The van der Waals surface area contributed by atoms with E-state index in [-0.39, 0.29) is 23.5 Å². The quantitative estimate of drug-likeness (QED) is 0.238. The molecule has 42 heavy (non-hydrogen) atoms. The predicted octanol–water partition coefficient (Wildman–Crippen LogP) is 5.96. The van der Waals surface area contributed by atoms with Gasteiger partial charge in [0.15, 0.2) is 5.78 Å². The number of phenolic OH excluding ortho intramolecular Hbond substituents is 1. The SMILES string of the molecule is O=C(O)CC1C=c2c(Cl)cccc2=c2ccc3c(c21)CCCC=3C(=O)c1ccc(NC(=O)c2ccccc2Cl)cc1O. The number of fused-ring (bicyclic) bond motifs is 4. The van der Waals surface area contributed by atoms with Crippen LogP contribution < -0.4 is 15.8 Å². The van der Waals surface area contributed by atoms with Crippen LogP contribution in [0.3, 0.4) is 0 Å². The Balaban J connectivity index is 1.43. The summed E-state index contributed by atoms with van der Waals surface area (Å²) >= 11 is 12.6. The van der Waals surface area contributed by atoms with Crippen molar-refractivity contribution in [3.8, 4) is 5.75 Å². The van der Waals surface area contributed by atoms with E-state index < -0.39 is 17.8 Å². The molecule has 1 amide bonds. The van der Waals surface area contributed by atoms with E-state index in [0.29, 0.717) is 46.1 Å². The van der Waals surface area contributed by atoms with Gasteiger partial charge < -0.3 is 15.5 Å². The number of phenols is 1. The van der Waals surface area contributed by atoms with Gasteiger partial charge >= 0.3 is 5.97 Å². The van der Waals surface area contributed by atoms with Gasteiger partial charge in [0, 0.05) is 28.3 Å². The summed E-state index contributed by atoms with van der Waals surface area (Å²) in [6.45, 7) is 0. The molecule has 0 heterocycles. The summed E-state index contributed by atoms with van der Waals surface area (Å²) in [6.07, 6.45) is 3.75. The lowest BCUT2D eigenvalue weighted by Crippen LogP contribution is -2.27. The molecule has 4 aromatic carbocycles. The van der Waals surface area contributed by atoms with Crippen molar-refractivity contribution in [3.05, 3.63) is 126 Å².